The minimum absolute atomic E-state index is 0.247. The van der Waals surface area contributed by atoms with Gasteiger partial charge in [0.25, 0.3) is 0 Å². The van der Waals surface area contributed by atoms with Gasteiger partial charge >= 0.3 is 0 Å². The van der Waals surface area contributed by atoms with Gasteiger partial charge in [-0.25, -0.2) is 0 Å². The second-order valence-electron chi connectivity index (χ2n) is 5.90. The lowest BCUT2D eigenvalue weighted by atomic mass is 10.0. The van der Waals surface area contributed by atoms with Gasteiger partial charge in [0.1, 0.15) is 0 Å². The van der Waals surface area contributed by atoms with E-state index >= 15 is 0 Å². The lowest BCUT2D eigenvalue weighted by molar-refractivity contribution is -0.0271. The molecule has 1 atom stereocenters. The van der Waals surface area contributed by atoms with E-state index in [1.807, 2.05) is 6.07 Å². The van der Waals surface area contributed by atoms with E-state index in [4.69, 9.17) is 4.74 Å². The molecule has 1 saturated heterocycles. The number of carbonyl (C=O) groups is 1. The van der Waals surface area contributed by atoms with E-state index in [-0.39, 0.29) is 11.9 Å². The van der Waals surface area contributed by atoms with E-state index in [1.165, 1.54) is 24.0 Å². The van der Waals surface area contributed by atoms with Crippen molar-refractivity contribution < 1.29 is 9.53 Å². The Kier molecular flexibility index (Phi) is 4.18. The van der Waals surface area contributed by atoms with Gasteiger partial charge in [0.05, 0.1) is 19.3 Å². The number of fused-ring (bicyclic) bond motifs is 1. The lowest BCUT2D eigenvalue weighted by Gasteiger charge is -2.31. The van der Waals surface area contributed by atoms with Gasteiger partial charge in [-0.15, -0.1) is 0 Å². The Labute approximate surface area is 120 Å². The number of benzene rings is 1. The lowest BCUT2D eigenvalue weighted by Crippen LogP contribution is -2.44. The summed E-state index contributed by atoms with van der Waals surface area (Å²) in [5.74, 6) is 0.247. The summed E-state index contributed by atoms with van der Waals surface area (Å²) in [7, 11) is 0. The number of nitrogens with zero attached hydrogens (tertiary/aromatic N) is 1. The molecular weight excluding hydrogens is 250 g/mol. The van der Waals surface area contributed by atoms with Crippen molar-refractivity contribution >= 4 is 5.78 Å². The van der Waals surface area contributed by atoms with Crippen molar-refractivity contribution in [2.45, 2.75) is 38.7 Å². The van der Waals surface area contributed by atoms with Crippen LogP contribution in [0.4, 0.5) is 0 Å². The van der Waals surface area contributed by atoms with E-state index in [1.54, 1.807) is 0 Å². The molecule has 1 aliphatic heterocycles. The Hall–Kier alpha value is -1.19. The Bertz CT molecular complexity index is 498. The summed E-state index contributed by atoms with van der Waals surface area (Å²) in [4.78, 5) is 14.7. The summed E-state index contributed by atoms with van der Waals surface area (Å²) in [5, 5.41) is 0. The van der Waals surface area contributed by atoms with Crippen LogP contribution >= 0.6 is 0 Å². The molecule has 0 radical (unpaired) electrons. The van der Waals surface area contributed by atoms with Crippen molar-refractivity contribution in [3.63, 3.8) is 0 Å². The largest absolute Gasteiger partial charge is 0.376 e. The van der Waals surface area contributed by atoms with Gasteiger partial charge in [-0.05, 0) is 42.9 Å². The zero-order valence-electron chi connectivity index (χ0n) is 12.2. The molecule has 0 saturated carbocycles. The minimum atomic E-state index is 0.247. The molecule has 0 aromatic heterocycles. The van der Waals surface area contributed by atoms with Gasteiger partial charge in [0.2, 0.25) is 0 Å². The number of morpholine rings is 1. The van der Waals surface area contributed by atoms with Gasteiger partial charge in [0.15, 0.2) is 5.78 Å². The first kappa shape index (κ1) is 13.8. The van der Waals surface area contributed by atoms with Crippen LogP contribution in [0.15, 0.2) is 18.2 Å². The van der Waals surface area contributed by atoms with Crippen LogP contribution in [0.1, 0.15) is 41.3 Å². The number of ether oxygens (including phenoxy) is 1. The highest BCUT2D eigenvalue weighted by molar-refractivity contribution is 5.97. The van der Waals surface area contributed by atoms with Crippen LogP contribution in [0.3, 0.4) is 0 Å². The van der Waals surface area contributed by atoms with Crippen LogP contribution in [0, 0.1) is 0 Å². The molecular formula is C17H23NO2. The summed E-state index contributed by atoms with van der Waals surface area (Å²) in [6.45, 7) is 5.16. The number of hydrogen-bond donors (Lipinski definition) is 0. The van der Waals surface area contributed by atoms with Gasteiger partial charge in [0, 0.05) is 18.7 Å². The molecule has 1 unspecified atom stereocenters. The summed E-state index contributed by atoms with van der Waals surface area (Å²) in [6, 6.07) is 6.26. The fourth-order valence-electron chi connectivity index (χ4n) is 3.21. The molecule has 3 rings (SSSR count). The normalized spacial score (nSPS) is 22.8. The summed E-state index contributed by atoms with van der Waals surface area (Å²) < 4.78 is 5.65. The third-order valence-electron chi connectivity index (χ3n) is 4.47. The topological polar surface area (TPSA) is 29.5 Å². The van der Waals surface area contributed by atoms with E-state index < -0.39 is 0 Å². The van der Waals surface area contributed by atoms with Crippen LogP contribution in [0.2, 0.25) is 0 Å². The quantitative estimate of drug-likeness (QED) is 0.789. The van der Waals surface area contributed by atoms with Crippen LogP contribution in [-0.4, -0.2) is 43.0 Å². The Morgan fingerprint density at radius 1 is 1.35 bits per heavy atom. The van der Waals surface area contributed by atoms with Crippen molar-refractivity contribution in [1.82, 2.24) is 4.90 Å². The van der Waals surface area contributed by atoms with Crippen molar-refractivity contribution in [2.75, 3.05) is 26.2 Å². The number of aryl methyl sites for hydroxylation is 2. The molecule has 1 aliphatic carbocycles. The Morgan fingerprint density at radius 3 is 3.05 bits per heavy atom. The zero-order valence-corrected chi connectivity index (χ0v) is 12.2. The summed E-state index contributed by atoms with van der Waals surface area (Å²) in [6.07, 6.45) is 4.84. The number of carbonyl (C=O) groups excluding carboxylic acids is 1. The average Bonchev–Trinajstić information content (AvgIpc) is 2.94. The van der Waals surface area contributed by atoms with E-state index in [0.29, 0.717) is 6.54 Å². The minimum Gasteiger partial charge on any atom is -0.376 e. The SMILES string of the molecule is CCC1CN(CC(=O)c2ccc3c(c2)CCC3)CCO1. The van der Waals surface area contributed by atoms with Crippen LogP contribution in [0.25, 0.3) is 0 Å². The second-order valence-corrected chi connectivity index (χ2v) is 5.90. The Morgan fingerprint density at radius 2 is 2.20 bits per heavy atom. The molecule has 3 nitrogen and oxygen atoms in total. The molecule has 108 valence electrons. The molecule has 0 N–H and O–H groups in total. The molecule has 0 spiro atoms. The third kappa shape index (κ3) is 2.94. The monoisotopic (exact) mass is 273 g/mol. The molecule has 20 heavy (non-hydrogen) atoms. The summed E-state index contributed by atoms with van der Waals surface area (Å²) >= 11 is 0. The zero-order chi connectivity index (χ0) is 13.9. The van der Waals surface area contributed by atoms with Crippen molar-refractivity contribution in [3.05, 3.63) is 34.9 Å². The van der Waals surface area contributed by atoms with Gasteiger partial charge in [-0.1, -0.05) is 19.1 Å². The summed E-state index contributed by atoms with van der Waals surface area (Å²) in [5.41, 5.74) is 3.69. The van der Waals surface area contributed by atoms with Crippen LogP contribution in [0.5, 0.6) is 0 Å². The maximum atomic E-state index is 12.4. The van der Waals surface area contributed by atoms with Crippen molar-refractivity contribution in [3.8, 4) is 0 Å². The molecule has 1 aromatic carbocycles. The van der Waals surface area contributed by atoms with Crippen molar-refractivity contribution in [2.24, 2.45) is 0 Å². The predicted octanol–water partition coefficient (Wildman–Crippen LogP) is 2.47. The highest BCUT2D eigenvalue weighted by atomic mass is 16.5. The highest BCUT2D eigenvalue weighted by Crippen LogP contribution is 2.23. The Balaban J connectivity index is 1.64. The maximum Gasteiger partial charge on any atom is 0.176 e. The standard InChI is InChI=1S/C17H23NO2/c1-2-16-11-18(8-9-20-16)12-17(19)15-7-6-13-4-3-5-14(13)10-15/h6-7,10,16H,2-5,8-9,11-12H2,1H3. The first-order valence-electron chi connectivity index (χ1n) is 7.75. The van der Waals surface area contributed by atoms with Gasteiger partial charge in [-0.3, -0.25) is 9.69 Å². The fraction of sp³-hybridized carbons (Fsp3) is 0.588. The molecule has 1 fully saturated rings. The molecule has 1 aromatic rings. The molecule has 0 amide bonds. The number of hydrogen-bond acceptors (Lipinski definition) is 3. The molecule has 2 aliphatic rings. The van der Waals surface area contributed by atoms with Gasteiger partial charge in [-0.2, -0.15) is 0 Å². The maximum absolute atomic E-state index is 12.4. The van der Waals surface area contributed by atoms with E-state index in [2.05, 4.69) is 24.0 Å². The van der Waals surface area contributed by atoms with Crippen LogP contribution < -0.4 is 0 Å². The number of rotatable bonds is 4. The smallest absolute Gasteiger partial charge is 0.176 e. The first-order chi connectivity index (χ1) is 9.76. The van der Waals surface area contributed by atoms with Crippen molar-refractivity contribution in [1.29, 1.82) is 0 Å². The number of Topliss-reactive ketones (excluding diaryl/α,β-unsaturated/α-hetero) is 1. The molecule has 0 bridgehead atoms. The fourth-order valence-corrected chi connectivity index (χ4v) is 3.21. The highest BCUT2D eigenvalue weighted by Gasteiger charge is 2.22. The van der Waals surface area contributed by atoms with E-state index in [9.17, 15) is 4.79 Å². The van der Waals surface area contributed by atoms with Gasteiger partial charge < -0.3 is 4.74 Å². The third-order valence-corrected chi connectivity index (χ3v) is 4.47. The molecule has 1 heterocycles. The van der Waals surface area contributed by atoms with Crippen LogP contribution in [-0.2, 0) is 17.6 Å². The first-order valence-corrected chi connectivity index (χ1v) is 7.75. The predicted molar refractivity (Wildman–Crippen MR) is 79.3 cm³/mol. The van der Waals surface area contributed by atoms with E-state index in [0.717, 1.165) is 38.1 Å². The second kappa shape index (κ2) is 6.06. The average molecular weight is 273 g/mol. The molecule has 3 heteroatoms. The number of ketones is 1.